The maximum Gasteiger partial charge on any atom is 0.224 e. The normalized spacial score (nSPS) is 23.7. The third kappa shape index (κ3) is 3.80. The smallest absolute Gasteiger partial charge is 0.224 e. The van der Waals surface area contributed by atoms with Crippen LogP contribution in [0.3, 0.4) is 0 Å². The molecular weight excluding hydrogens is 353 g/mol. The topological polar surface area (TPSA) is 46.2 Å². The highest BCUT2D eigenvalue weighted by atomic mass is 35.5. The molecule has 0 spiro atoms. The van der Waals surface area contributed by atoms with Crippen LogP contribution in [0.25, 0.3) is 0 Å². The van der Waals surface area contributed by atoms with Crippen LogP contribution in [0.5, 0.6) is 0 Å². The number of carbonyl (C=O) groups is 2. The number of nitrogens with one attached hydrogen (secondary N) is 1. The molecule has 2 atom stereocenters. The van der Waals surface area contributed by atoms with Gasteiger partial charge >= 0.3 is 0 Å². The fourth-order valence-electron chi connectivity index (χ4n) is 4.52. The number of hydrogen-bond acceptors (Lipinski definition) is 2. The summed E-state index contributed by atoms with van der Waals surface area (Å²) in [5.41, 5.74) is 0.968. The van der Waals surface area contributed by atoms with Crippen LogP contribution >= 0.6 is 11.6 Å². The summed E-state index contributed by atoms with van der Waals surface area (Å²) in [7, 11) is 0. The van der Waals surface area contributed by atoms with Crippen molar-refractivity contribution in [1.29, 1.82) is 0 Å². The van der Waals surface area contributed by atoms with E-state index in [1.54, 1.807) is 6.07 Å². The predicted molar refractivity (Wildman–Crippen MR) is 101 cm³/mol. The van der Waals surface area contributed by atoms with Crippen molar-refractivity contribution in [3.8, 4) is 0 Å². The number of ketones is 1. The number of carbonyl (C=O) groups excluding carboxylic acids is 2. The Hall–Kier alpha value is -1.42. The van der Waals surface area contributed by atoms with Crippen molar-refractivity contribution < 1.29 is 14.0 Å². The first-order valence-corrected chi connectivity index (χ1v) is 9.96. The van der Waals surface area contributed by atoms with E-state index in [2.05, 4.69) is 12.2 Å². The van der Waals surface area contributed by atoms with E-state index in [9.17, 15) is 14.0 Å². The number of amides is 1. The van der Waals surface area contributed by atoms with Crippen LogP contribution in [0.15, 0.2) is 12.1 Å². The molecule has 2 aliphatic carbocycles. The summed E-state index contributed by atoms with van der Waals surface area (Å²) in [6.07, 6.45) is 6.29. The Morgan fingerprint density at radius 1 is 1.31 bits per heavy atom. The molecule has 26 heavy (non-hydrogen) atoms. The van der Waals surface area contributed by atoms with Gasteiger partial charge in [0.2, 0.25) is 5.91 Å². The molecule has 3 nitrogen and oxygen atoms in total. The Morgan fingerprint density at radius 2 is 2.00 bits per heavy atom. The molecule has 0 aromatic heterocycles. The minimum atomic E-state index is -0.470. The van der Waals surface area contributed by atoms with E-state index in [-0.39, 0.29) is 28.8 Å². The molecule has 2 unspecified atom stereocenters. The zero-order chi connectivity index (χ0) is 18.9. The third-order valence-corrected chi connectivity index (χ3v) is 6.69. The molecule has 1 N–H and O–H groups in total. The Morgan fingerprint density at radius 3 is 2.65 bits per heavy atom. The van der Waals surface area contributed by atoms with Gasteiger partial charge in [0.05, 0.1) is 11.1 Å². The van der Waals surface area contributed by atoms with Gasteiger partial charge in [-0.2, -0.15) is 0 Å². The first kappa shape index (κ1) is 19.3. The van der Waals surface area contributed by atoms with Crippen molar-refractivity contribution >= 4 is 23.3 Å². The summed E-state index contributed by atoms with van der Waals surface area (Å²) in [6.45, 7) is 3.95. The van der Waals surface area contributed by atoms with Crippen LogP contribution in [0.1, 0.15) is 75.5 Å². The fraction of sp³-hybridized carbons (Fsp3) is 0.619. The quantitative estimate of drug-likeness (QED) is 0.773. The van der Waals surface area contributed by atoms with Crippen molar-refractivity contribution in [2.75, 3.05) is 0 Å². The standard InChI is InChI=1S/C21H27ClFNO2/c1-13-8-9-16(23)17(18(13)22)19(21(2)10-3-4-11-21)24-20(26)14-6-5-7-15(25)12-14/h8-9,14,19H,3-7,10-12H2,1-2H3,(H,24,26). The molecule has 5 heteroatoms. The van der Waals surface area contributed by atoms with Gasteiger partial charge in [-0.05, 0) is 49.7 Å². The lowest BCUT2D eigenvalue weighted by Gasteiger charge is -2.37. The average molecular weight is 380 g/mol. The van der Waals surface area contributed by atoms with Crippen LogP contribution < -0.4 is 5.32 Å². The highest BCUT2D eigenvalue weighted by molar-refractivity contribution is 6.32. The van der Waals surface area contributed by atoms with Crippen LogP contribution in [-0.4, -0.2) is 11.7 Å². The number of halogens is 2. The molecule has 1 aromatic carbocycles. The lowest BCUT2D eigenvalue weighted by atomic mass is 9.76. The second-order valence-corrected chi connectivity index (χ2v) is 8.60. The van der Waals surface area contributed by atoms with Gasteiger partial charge in [-0.15, -0.1) is 0 Å². The van der Waals surface area contributed by atoms with Gasteiger partial charge in [0.1, 0.15) is 11.6 Å². The van der Waals surface area contributed by atoms with Gasteiger partial charge in [-0.25, -0.2) is 4.39 Å². The van der Waals surface area contributed by atoms with Crippen molar-refractivity contribution in [3.63, 3.8) is 0 Å². The van der Waals surface area contributed by atoms with Gasteiger partial charge in [-0.1, -0.05) is 37.4 Å². The van der Waals surface area contributed by atoms with Crippen molar-refractivity contribution in [2.24, 2.45) is 11.3 Å². The van der Waals surface area contributed by atoms with E-state index in [1.807, 2.05) is 6.92 Å². The summed E-state index contributed by atoms with van der Waals surface area (Å²) in [5, 5.41) is 3.49. The maximum atomic E-state index is 14.8. The van der Waals surface area contributed by atoms with Gasteiger partial charge in [0.25, 0.3) is 0 Å². The molecule has 2 saturated carbocycles. The summed E-state index contributed by atoms with van der Waals surface area (Å²) in [6, 6.07) is 2.62. The predicted octanol–water partition coefficient (Wildman–Crippen LogP) is 5.28. The summed E-state index contributed by atoms with van der Waals surface area (Å²) >= 11 is 6.48. The third-order valence-electron chi connectivity index (χ3n) is 6.19. The van der Waals surface area contributed by atoms with Gasteiger partial charge in [-0.3, -0.25) is 9.59 Å². The summed E-state index contributed by atoms with van der Waals surface area (Å²) < 4.78 is 14.8. The lowest BCUT2D eigenvalue weighted by Crippen LogP contribution is -2.42. The molecule has 0 bridgehead atoms. The molecule has 142 valence electrons. The van der Waals surface area contributed by atoms with E-state index in [1.165, 1.54) is 6.07 Å². The van der Waals surface area contributed by atoms with E-state index in [0.717, 1.165) is 37.7 Å². The number of benzene rings is 1. The highest BCUT2D eigenvalue weighted by Crippen LogP contribution is 2.49. The first-order valence-electron chi connectivity index (χ1n) is 9.58. The van der Waals surface area contributed by atoms with Gasteiger partial charge in [0, 0.05) is 24.3 Å². The Kier molecular flexibility index (Phi) is 5.71. The van der Waals surface area contributed by atoms with Gasteiger partial charge < -0.3 is 5.32 Å². The summed E-state index contributed by atoms with van der Waals surface area (Å²) in [4.78, 5) is 24.6. The van der Waals surface area contributed by atoms with Crippen LogP contribution in [-0.2, 0) is 9.59 Å². The number of hydrogen-bond donors (Lipinski definition) is 1. The van der Waals surface area contributed by atoms with Crippen LogP contribution in [0.4, 0.5) is 4.39 Å². The maximum absolute atomic E-state index is 14.8. The minimum Gasteiger partial charge on any atom is -0.348 e. The Labute approximate surface area is 159 Å². The number of rotatable bonds is 4. The second kappa shape index (κ2) is 7.67. The second-order valence-electron chi connectivity index (χ2n) is 8.23. The molecule has 2 aliphatic rings. The highest BCUT2D eigenvalue weighted by Gasteiger charge is 2.42. The molecule has 1 amide bonds. The van der Waals surface area contributed by atoms with Crippen LogP contribution in [0.2, 0.25) is 5.02 Å². The van der Waals surface area contributed by atoms with Crippen LogP contribution in [0, 0.1) is 24.1 Å². The van der Waals surface area contributed by atoms with Crippen molar-refractivity contribution in [1.82, 2.24) is 5.32 Å². The lowest BCUT2D eigenvalue weighted by molar-refractivity contribution is -0.132. The number of aryl methyl sites for hydroxylation is 1. The van der Waals surface area contributed by atoms with E-state index < -0.39 is 6.04 Å². The van der Waals surface area contributed by atoms with Gasteiger partial charge in [0.15, 0.2) is 0 Å². The molecule has 3 rings (SSSR count). The largest absolute Gasteiger partial charge is 0.348 e. The average Bonchev–Trinajstić information content (AvgIpc) is 3.05. The summed E-state index contributed by atoms with van der Waals surface area (Å²) in [5.74, 6) is -0.693. The number of Topliss-reactive ketones (excluding diaryl/α,β-unsaturated/α-hetero) is 1. The fourth-order valence-corrected chi connectivity index (χ4v) is 4.78. The van der Waals surface area contributed by atoms with E-state index in [0.29, 0.717) is 29.8 Å². The SMILES string of the molecule is Cc1ccc(F)c(C(NC(=O)C2CCCC(=O)C2)C2(C)CCCC2)c1Cl. The van der Waals surface area contributed by atoms with Crippen molar-refractivity contribution in [2.45, 2.75) is 71.3 Å². The Bertz CT molecular complexity index is 712. The zero-order valence-electron chi connectivity index (χ0n) is 15.5. The Balaban J connectivity index is 1.93. The van der Waals surface area contributed by atoms with Crippen molar-refractivity contribution in [3.05, 3.63) is 34.1 Å². The minimum absolute atomic E-state index is 0.139. The molecular formula is C21H27ClFNO2. The molecule has 0 heterocycles. The molecule has 2 fully saturated rings. The zero-order valence-corrected chi connectivity index (χ0v) is 16.3. The molecule has 0 radical (unpaired) electrons. The first-order chi connectivity index (χ1) is 12.3. The molecule has 0 saturated heterocycles. The van der Waals surface area contributed by atoms with E-state index >= 15 is 0 Å². The molecule has 0 aliphatic heterocycles. The van der Waals surface area contributed by atoms with E-state index in [4.69, 9.17) is 11.6 Å². The molecule has 1 aromatic rings. The monoisotopic (exact) mass is 379 g/mol.